The quantitative estimate of drug-likeness (QED) is 0.693. The first kappa shape index (κ1) is 12.4. The first-order chi connectivity index (χ1) is 7.22. The number of rotatable bonds is 7. The van der Waals surface area contributed by atoms with Crippen LogP contribution in [0.25, 0.3) is 0 Å². The van der Waals surface area contributed by atoms with E-state index in [1.54, 1.807) is 0 Å². The molecule has 4 nitrogen and oxygen atoms in total. The van der Waals surface area contributed by atoms with E-state index in [4.69, 9.17) is 10.8 Å². The molecular weight excluding hydrogens is 210 g/mol. The van der Waals surface area contributed by atoms with E-state index < -0.39 is 0 Å². The van der Waals surface area contributed by atoms with Crippen LogP contribution in [0.1, 0.15) is 19.8 Å². The maximum Gasteiger partial charge on any atom is 0.145 e. The topological polar surface area (TPSA) is 64.1 Å². The number of aliphatic hydroxyl groups is 1. The predicted molar refractivity (Wildman–Crippen MR) is 64.9 cm³/mol. The van der Waals surface area contributed by atoms with E-state index >= 15 is 0 Å². The molecule has 5 heteroatoms. The first-order valence-corrected chi connectivity index (χ1v) is 6.28. The lowest BCUT2D eigenvalue weighted by atomic mass is 10.3. The number of aromatic nitrogens is 2. The number of nitrogens with two attached hydrogens (primary N) is 1. The highest BCUT2D eigenvalue weighted by Gasteiger charge is 2.01. The van der Waals surface area contributed by atoms with Gasteiger partial charge in [-0.15, -0.1) is 0 Å². The van der Waals surface area contributed by atoms with Gasteiger partial charge in [-0.3, -0.25) is 4.68 Å². The number of aliphatic hydroxyl groups excluding tert-OH is 1. The molecule has 15 heavy (non-hydrogen) atoms. The molecule has 1 heterocycles. The Morgan fingerprint density at radius 3 is 3.07 bits per heavy atom. The molecule has 0 aliphatic carbocycles. The maximum absolute atomic E-state index is 8.73. The molecule has 0 fully saturated rings. The van der Waals surface area contributed by atoms with Crippen molar-refractivity contribution in [3.63, 3.8) is 0 Å². The minimum absolute atomic E-state index is 0.282. The lowest BCUT2D eigenvalue weighted by Gasteiger charge is -2.08. The molecule has 0 bridgehead atoms. The van der Waals surface area contributed by atoms with E-state index in [0.717, 1.165) is 25.1 Å². The van der Waals surface area contributed by atoms with Gasteiger partial charge >= 0.3 is 0 Å². The Hall–Kier alpha value is -0.680. The second-order valence-electron chi connectivity index (χ2n) is 3.55. The van der Waals surface area contributed by atoms with Gasteiger partial charge in [0.25, 0.3) is 0 Å². The van der Waals surface area contributed by atoms with Crippen LogP contribution in [-0.2, 0) is 6.54 Å². The van der Waals surface area contributed by atoms with Gasteiger partial charge in [0.1, 0.15) is 5.82 Å². The van der Waals surface area contributed by atoms with Crippen molar-refractivity contribution in [2.75, 3.05) is 18.1 Å². The van der Waals surface area contributed by atoms with Crippen LogP contribution < -0.4 is 5.73 Å². The number of nitrogens with zero attached hydrogens (tertiary/aromatic N) is 2. The highest BCUT2D eigenvalue weighted by molar-refractivity contribution is 7.99. The fraction of sp³-hybridized carbons (Fsp3) is 0.700. The van der Waals surface area contributed by atoms with Gasteiger partial charge in [0.05, 0.1) is 0 Å². The Kier molecular flexibility index (Phi) is 5.57. The van der Waals surface area contributed by atoms with Gasteiger partial charge in [-0.2, -0.15) is 16.9 Å². The van der Waals surface area contributed by atoms with Crippen LogP contribution >= 0.6 is 11.8 Å². The molecule has 0 radical (unpaired) electrons. The summed E-state index contributed by atoms with van der Waals surface area (Å²) < 4.78 is 1.87. The molecule has 0 saturated heterocycles. The molecule has 0 saturated carbocycles. The zero-order valence-corrected chi connectivity index (χ0v) is 9.91. The lowest BCUT2D eigenvalue weighted by Crippen LogP contribution is -2.04. The van der Waals surface area contributed by atoms with Gasteiger partial charge in [0.15, 0.2) is 0 Å². The van der Waals surface area contributed by atoms with Crippen LogP contribution in [0, 0.1) is 0 Å². The summed E-state index contributed by atoms with van der Waals surface area (Å²) in [6, 6.07) is 1.81. The predicted octanol–water partition coefficient (Wildman–Crippen LogP) is 1.36. The van der Waals surface area contributed by atoms with E-state index in [-0.39, 0.29) is 6.61 Å². The van der Waals surface area contributed by atoms with Crippen molar-refractivity contribution in [1.29, 1.82) is 0 Å². The van der Waals surface area contributed by atoms with E-state index in [1.165, 1.54) is 0 Å². The van der Waals surface area contributed by atoms with E-state index in [2.05, 4.69) is 12.0 Å². The minimum atomic E-state index is 0.282. The summed E-state index contributed by atoms with van der Waals surface area (Å²) >= 11 is 1.89. The Bertz CT molecular complexity index is 277. The van der Waals surface area contributed by atoms with Crippen LogP contribution in [0.15, 0.2) is 12.3 Å². The van der Waals surface area contributed by atoms with Gasteiger partial charge in [-0.05, 0) is 24.7 Å². The van der Waals surface area contributed by atoms with Crippen molar-refractivity contribution in [3.05, 3.63) is 12.3 Å². The molecule has 86 valence electrons. The second kappa shape index (κ2) is 6.74. The Labute approximate surface area is 94.9 Å². The van der Waals surface area contributed by atoms with Crippen molar-refractivity contribution in [2.24, 2.45) is 0 Å². The van der Waals surface area contributed by atoms with Gasteiger partial charge in [0.2, 0.25) is 0 Å². The number of hydrogen-bond acceptors (Lipinski definition) is 4. The maximum atomic E-state index is 8.73. The molecule has 0 amide bonds. The van der Waals surface area contributed by atoms with Gasteiger partial charge in [-0.1, -0.05) is 6.92 Å². The van der Waals surface area contributed by atoms with Crippen molar-refractivity contribution >= 4 is 17.6 Å². The molecule has 1 aromatic rings. The number of anilines is 1. The largest absolute Gasteiger partial charge is 0.396 e. The average molecular weight is 229 g/mol. The fourth-order valence-electron chi connectivity index (χ4n) is 1.28. The van der Waals surface area contributed by atoms with Crippen molar-refractivity contribution in [1.82, 2.24) is 9.78 Å². The molecular formula is C10H19N3OS. The smallest absolute Gasteiger partial charge is 0.145 e. The molecule has 0 aliphatic heterocycles. The summed E-state index contributed by atoms with van der Waals surface area (Å²) in [5, 5.41) is 13.4. The number of hydrogen-bond donors (Lipinski definition) is 2. The van der Waals surface area contributed by atoms with Gasteiger partial charge < -0.3 is 10.8 Å². The van der Waals surface area contributed by atoms with E-state index in [0.29, 0.717) is 11.1 Å². The van der Waals surface area contributed by atoms with Crippen LogP contribution in [0.3, 0.4) is 0 Å². The number of aryl methyl sites for hydroxylation is 1. The summed E-state index contributed by atoms with van der Waals surface area (Å²) in [5.41, 5.74) is 5.51. The molecule has 0 aliphatic rings. The first-order valence-electron chi connectivity index (χ1n) is 5.23. The lowest BCUT2D eigenvalue weighted by molar-refractivity contribution is 0.289. The highest BCUT2D eigenvalue weighted by Crippen LogP contribution is 2.14. The monoisotopic (exact) mass is 229 g/mol. The Morgan fingerprint density at radius 1 is 1.67 bits per heavy atom. The molecule has 1 unspecified atom stereocenters. The summed E-state index contributed by atoms with van der Waals surface area (Å²) in [6.07, 6.45) is 3.86. The Balaban J connectivity index is 2.06. The van der Waals surface area contributed by atoms with Crippen LogP contribution in [0.5, 0.6) is 0 Å². The zero-order chi connectivity index (χ0) is 11.1. The third kappa shape index (κ3) is 5.09. The van der Waals surface area contributed by atoms with Crippen LogP contribution in [0.2, 0.25) is 0 Å². The number of nitrogen functional groups attached to an aromatic ring is 1. The summed E-state index contributed by atoms with van der Waals surface area (Å²) in [5.74, 6) is 1.68. The molecule has 0 aromatic carbocycles. The minimum Gasteiger partial charge on any atom is -0.396 e. The normalized spacial score (nSPS) is 12.9. The van der Waals surface area contributed by atoms with Crippen molar-refractivity contribution in [3.8, 4) is 0 Å². The average Bonchev–Trinajstić information content (AvgIpc) is 2.60. The van der Waals surface area contributed by atoms with Crippen LogP contribution in [-0.4, -0.2) is 32.5 Å². The van der Waals surface area contributed by atoms with Gasteiger partial charge in [-0.25, -0.2) is 0 Å². The summed E-state index contributed by atoms with van der Waals surface area (Å²) in [6.45, 7) is 3.34. The molecule has 1 atom stereocenters. The molecule has 1 aromatic heterocycles. The highest BCUT2D eigenvalue weighted by atomic mass is 32.2. The van der Waals surface area contributed by atoms with E-state index in [9.17, 15) is 0 Å². The molecule has 3 N–H and O–H groups in total. The second-order valence-corrected chi connectivity index (χ2v) is 5.10. The Morgan fingerprint density at radius 2 is 2.47 bits per heavy atom. The van der Waals surface area contributed by atoms with E-state index in [1.807, 2.05) is 28.7 Å². The van der Waals surface area contributed by atoms with Crippen molar-refractivity contribution in [2.45, 2.75) is 31.6 Å². The summed E-state index contributed by atoms with van der Waals surface area (Å²) in [7, 11) is 0. The summed E-state index contributed by atoms with van der Waals surface area (Å²) in [4.78, 5) is 0. The van der Waals surface area contributed by atoms with Gasteiger partial charge in [0, 0.05) is 24.6 Å². The molecule has 1 rings (SSSR count). The van der Waals surface area contributed by atoms with Crippen LogP contribution in [0.4, 0.5) is 5.82 Å². The SMILES string of the molecule is CC(CCO)SCCCn1ccc(N)n1. The van der Waals surface area contributed by atoms with Crippen molar-refractivity contribution < 1.29 is 5.11 Å². The third-order valence-corrected chi connectivity index (χ3v) is 3.46. The molecule has 0 spiro atoms. The zero-order valence-electron chi connectivity index (χ0n) is 9.09. The number of thioether (sulfide) groups is 1. The standard InChI is InChI=1S/C10H19N3OS/c1-9(4-7-14)15-8-2-5-13-6-3-10(11)12-13/h3,6,9,14H,2,4-5,7-8H2,1H3,(H2,11,12). The third-order valence-electron chi connectivity index (χ3n) is 2.13. The fourth-order valence-corrected chi connectivity index (χ4v) is 2.25.